The van der Waals surface area contributed by atoms with E-state index >= 15 is 0 Å². The summed E-state index contributed by atoms with van der Waals surface area (Å²) in [5.74, 6) is 0. The van der Waals surface area contributed by atoms with Crippen molar-refractivity contribution in [3.63, 3.8) is 0 Å². The molecular weight excluding hydrogens is 146 g/mol. The van der Waals surface area contributed by atoms with Crippen LogP contribution in [0.5, 0.6) is 0 Å². The minimum Gasteiger partial charge on any atom is -0.258 e. The van der Waals surface area contributed by atoms with Gasteiger partial charge in [-0.1, -0.05) is 19.4 Å². The Morgan fingerprint density at radius 2 is 2.00 bits per heavy atom. The molecule has 0 amide bonds. The third kappa shape index (κ3) is 2.33. The molecule has 0 N–H and O–H groups in total. The molecule has 0 unspecified atom stereocenters. The van der Waals surface area contributed by atoms with Crippen LogP contribution in [0.2, 0.25) is 0 Å². The molecule has 1 aromatic heterocycles. The molecule has 1 nitrogen and oxygen atoms in total. The molecule has 1 rings (SSSR count). The summed E-state index contributed by atoms with van der Waals surface area (Å²) in [6.07, 6.45) is 3.62. The maximum Gasteiger partial charge on any atom is 0.0435 e. The van der Waals surface area contributed by atoms with Gasteiger partial charge in [-0.05, 0) is 38.3 Å². The average Bonchev–Trinajstić information content (AvgIpc) is 2.07. The van der Waals surface area contributed by atoms with Crippen LogP contribution in [0.4, 0.5) is 0 Å². The van der Waals surface area contributed by atoms with Crippen molar-refractivity contribution >= 4 is 0 Å². The summed E-state index contributed by atoms with van der Waals surface area (Å²) < 4.78 is 0. The monoisotopic (exact) mass is 163 g/mol. The molecule has 0 saturated heterocycles. The highest BCUT2D eigenvalue weighted by atomic mass is 14.7. The number of rotatable bonds is 3. The highest BCUT2D eigenvalue weighted by Gasteiger charge is 1.98. The Morgan fingerprint density at radius 1 is 1.25 bits per heavy atom. The van der Waals surface area contributed by atoms with Gasteiger partial charge < -0.3 is 0 Å². The van der Waals surface area contributed by atoms with Gasteiger partial charge in [0.05, 0.1) is 0 Å². The van der Waals surface area contributed by atoms with E-state index in [0.717, 1.165) is 12.1 Å². The average molecular weight is 163 g/mol. The number of nitrogens with zero attached hydrogens (tertiary/aromatic N) is 1. The molecule has 0 saturated carbocycles. The summed E-state index contributed by atoms with van der Waals surface area (Å²) >= 11 is 0. The maximum atomic E-state index is 4.51. The van der Waals surface area contributed by atoms with E-state index in [1.165, 1.54) is 24.1 Å². The lowest BCUT2D eigenvalue weighted by molar-refractivity contribution is 0.768. The number of hydrogen-bond donors (Lipinski definition) is 0. The van der Waals surface area contributed by atoms with E-state index in [1.807, 2.05) is 0 Å². The highest BCUT2D eigenvalue weighted by Crippen LogP contribution is 2.09. The quantitative estimate of drug-likeness (QED) is 0.667. The number of unbranched alkanes of at least 4 members (excludes halogenated alkanes) is 1. The predicted octanol–water partition coefficient (Wildman–Crippen LogP) is 3.04. The van der Waals surface area contributed by atoms with Crippen LogP contribution >= 0.6 is 0 Å². The molecule has 0 fully saturated rings. The fraction of sp³-hybridized carbons (Fsp3) is 0.545. The summed E-state index contributed by atoms with van der Waals surface area (Å²) in [6.45, 7) is 6.40. The zero-order chi connectivity index (χ0) is 8.97. The van der Waals surface area contributed by atoms with Gasteiger partial charge in [-0.25, -0.2) is 0 Å². The van der Waals surface area contributed by atoms with E-state index in [4.69, 9.17) is 0 Å². The number of aromatic nitrogens is 1. The molecule has 0 bridgehead atoms. The SMILES string of the molecule is CCCCc1nc(C)ccc1C. The normalized spacial score (nSPS) is 10.2. The van der Waals surface area contributed by atoms with Crippen molar-refractivity contribution in [1.82, 2.24) is 4.98 Å². The fourth-order valence-electron chi connectivity index (χ4n) is 1.28. The predicted molar refractivity (Wildman–Crippen MR) is 52.3 cm³/mol. The first-order chi connectivity index (χ1) is 5.74. The van der Waals surface area contributed by atoms with E-state index in [0.29, 0.717) is 0 Å². The molecule has 1 aromatic rings. The summed E-state index contributed by atoms with van der Waals surface area (Å²) in [7, 11) is 0. The van der Waals surface area contributed by atoms with E-state index in [2.05, 4.69) is 37.9 Å². The molecule has 12 heavy (non-hydrogen) atoms. The minimum atomic E-state index is 1.13. The van der Waals surface area contributed by atoms with Crippen LogP contribution in [0.25, 0.3) is 0 Å². The fourth-order valence-corrected chi connectivity index (χ4v) is 1.28. The van der Waals surface area contributed by atoms with Gasteiger partial charge in [0.25, 0.3) is 0 Å². The minimum absolute atomic E-state index is 1.13. The highest BCUT2D eigenvalue weighted by molar-refractivity contribution is 5.21. The summed E-state index contributed by atoms with van der Waals surface area (Å²) in [5.41, 5.74) is 3.73. The van der Waals surface area contributed by atoms with E-state index < -0.39 is 0 Å². The van der Waals surface area contributed by atoms with Crippen molar-refractivity contribution in [2.75, 3.05) is 0 Å². The van der Waals surface area contributed by atoms with Crippen LogP contribution in [0.3, 0.4) is 0 Å². The van der Waals surface area contributed by atoms with Gasteiger partial charge in [0, 0.05) is 11.4 Å². The zero-order valence-electron chi connectivity index (χ0n) is 8.22. The molecule has 1 heteroatoms. The molecule has 66 valence electrons. The van der Waals surface area contributed by atoms with Gasteiger partial charge >= 0.3 is 0 Å². The van der Waals surface area contributed by atoms with E-state index in [-0.39, 0.29) is 0 Å². The Hall–Kier alpha value is -0.850. The largest absolute Gasteiger partial charge is 0.258 e. The van der Waals surface area contributed by atoms with Crippen LogP contribution in [0, 0.1) is 13.8 Å². The van der Waals surface area contributed by atoms with E-state index in [9.17, 15) is 0 Å². The Labute approximate surface area is 74.8 Å². The number of aryl methyl sites for hydroxylation is 3. The van der Waals surface area contributed by atoms with Gasteiger partial charge in [0.2, 0.25) is 0 Å². The van der Waals surface area contributed by atoms with Gasteiger partial charge in [0.1, 0.15) is 0 Å². The lowest BCUT2D eigenvalue weighted by Crippen LogP contribution is -1.95. The Kier molecular flexibility index (Phi) is 3.27. The van der Waals surface area contributed by atoms with Crippen molar-refractivity contribution in [3.05, 3.63) is 29.1 Å². The van der Waals surface area contributed by atoms with Crippen molar-refractivity contribution < 1.29 is 0 Å². The van der Waals surface area contributed by atoms with Crippen LogP contribution in [-0.2, 0) is 6.42 Å². The maximum absolute atomic E-state index is 4.51. The molecule has 0 atom stereocenters. The number of hydrogen-bond acceptors (Lipinski definition) is 1. The molecule has 0 radical (unpaired) electrons. The smallest absolute Gasteiger partial charge is 0.0435 e. The first-order valence-corrected chi connectivity index (χ1v) is 4.67. The first kappa shape index (κ1) is 9.24. The molecular formula is C11H17N. The van der Waals surface area contributed by atoms with Crippen molar-refractivity contribution in [2.45, 2.75) is 40.0 Å². The van der Waals surface area contributed by atoms with Gasteiger partial charge in [0.15, 0.2) is 0 Å². The third-order valence-corrected chi connectivity index (χ3v) is 2.11. The van der Waals surface area contributed by atoms with Crippen LogP contribution < -0.4 is 0 Å². The van der Waals surface area contributed by atoms with Gasteiger partial charge in [-0.2, -0.15) is 0 Å². The third-order valence-electron chi connectivity index (χ3n) is 2.11. The summed E-state index contributed by atoms with van der Waals surface area (Å²) in [5, 5.41) is 0. The summed E-state index contributed by atoms with van der Waals surface area (Å²) in [4.78, 5) is 4.51. The molecule has 0 aliphatic heterocycles. The van der Waals surface area contributed by atoms with Crippen molar-refractivity contribution in [1.29, 1.82) is 0 Å². The van der Waals surface area contributed by atoms with Gasteiger partial charge in [-0.3, -0.25) is 4.98 Å². The Balaban J connectivity index is 2.75. The topological polar surface area (TPSA) is 12.9 Å². The van der Waals surface area contributed by atoms with Crippen LogP contribution in [0.15, 0.2) is 12.1 Å². The molecule has 0 spiro atoms. The Morgan fingerprint density at radius 3 is 2.67 bits per heavy atom. The lowest BCUT2D eigenvalue weighted by Gasteiger charge is -2.04. The lowest BCUT2D eigenvalue weighted by atomic mass is 10.1. The van der Waals surface area contributed by atoms with Gasteiger partial charge in [-0.15, -0.1) is 0 Å². The van der Waals surface area contributed by atoms with Crippen molar-refractivity contribution in [3.8, 4) is 0 Å². The van der Waals surface area contributed by atoms with E-state index in [1.54, 1.807) is 0 Å². The number of pyridine rings is 1. The second-order valence-corrected chi connectivity index (χ2v) is 3.32. The first-order valence-electron chi connectivity index (χ1n) is 4.67. The standard InChI is InChI=1S/C11H17N/c1-4-5-6-11-9(2)7-8-10(3)12-11/h7-8H,4-6H2,1-3H3. The molecule has 0 aliphatic carbocycles. The Bertz CT molecular complexity index is 253. The second kappa shape index (κ2) is 4.24. The molecule has 0 aromatic carbocycles. The molecule has 0 aliphatic rings. The summed E-state index contributed by atoms with van der Waals surface area (Å²) in [6, 6.07) is 4.23. The van der Waals surface area contributed by atoms with Crippen LogP contribution in [0.1, 0.15) is 36.7 Å². The van der Waals surface area contributed by atoms with Crippen molar-refractivity contribution in [2.24, 2.45) is 0 Å². The zero-order valence-corrected chi connectivity index (χ0v) is 8.22. The van der Waals surface area contributed by atoms with Crippen LogP contribution in [-0.4, -0.2) is 4.98 Å². The molecule has 1 heterocycles. The second-order valence-electron chi connectivity index (χ2n) is 3.32.